The van der Waals surface area contributed by atoms with Crippen molar-refractivity contribution in [2.75, 3.05) is 40.0 Å². The van der Waals surface area contributed by atoms with Gasteiger partial charge in [-0.05, 0) is 38.3 Å². The molecule has 1 heterocycles. The SMILES string of the molecule is COCCOCCC1CCNCC1. The molecule has 0 aromatic carbocycles. The van der Waals surface area contributed by atoms with Crippen LogP contribution in [0.3, 0.4) is 0 Å². The zero-order valence-corrected chi connectivity index (χ0v) is 8.55. The van der Waals surface area contributed by atoms with E-state index in [2.05, 4.69) is 5.32 Å². The molecule has 0 aromatic rings. The van der Waals surface area contributed by atoms with E-state index < -0.39 is 0 Å². The second-order valence-corrected chi connectivity index (χ2v) is 3.59. The maximum absolute atomic E-state index is 5.43. The molecule has 1 rings (SSSR count). The lowest BCUT2D eigenvalue weighted by molar-refractivity contribution is 0.0617. The lowest BCUT2D eigenvalue weighted by Crippen LogP contribution is -2.28. The predicted octanol–water partition coefficient (Wildman–Crippen LogP) is 1.04. The standard InChI is InChI=1S/C10H21NO2/c1-12-8-9-13-7-4-10-2-5-11-6-3-10/h10-11H,2-9H2,1H3. The van der Waals surface area contributed by atoms with E-state index in [0.29, 0.717) is 6.61 Å². The number of hydrogen-bond acceptors (Lipinski definition) is 3. The van der Waals surface area contributed by atoms with Gasteiger partial charge in [0.1, 0.15) is 0 Å². The molecule has 0 aliphatic carbocycles. The zero-order valence-electron chi connectivity index (χ0n) is 8.55. The molecule has 0 saturated carbocycles. The van der Waals surface area contributed by atoms with Crippen LogP contribution in [0.4, 0.5) is 0 Å². The van der Waals surface area contributed by atoms with Crippen LogP contribution in [0.5, 0.6) is 0 Å². The third-order valence-electron chi connectivity index (χ3n) is 2.56. The van der Waals surface area contributed by atoms with E-state index in [-0.39, 0.29) is 0 Å². The van der Waals surface area contributed by atoms with Crippen LogP contribution in [0.2, 0.25) is 0 Å². The van der Waals surface area contributed by atoms with Gasteiger partial charge in [0, 0.05) is 13.7 Å². The molecule has 1 aliphatic rings. The Kier molecular flexibility index (Phi) is 6.15. The third kappa shape index (κ3) is 5.24. The number of piperidine rings is 1. The molecular weight excluding hydrogens is 166 g/mol. The third-order valence-corrected chi connectivity index (χ3v) is 2.56. The number of ether oxygens (including phenoxy) is 2. The zero-order chi connectivity index (χ0) is 9.36. The average molecular weight is 187 g/mol. The summed E-state index contributed by atoms with van der Waals surface area (Å²) in [6, 6.07) is 0. The molecular formula is C10H21NO2. The quantitative estimate of drug-likeness (QED) is 0.630. The molecule has 0 amide bonds. The molecule has 1 N–H and O–H groups in total. The van der Waals surface area contributed by atoms with Gasteiger partial charge in [0.25, 0.3) is 0 Å². The van der Waals surface area contributed by atoms with E-state index in [4.69, 9.17) is 9.47 Å². The van der Waals surface area contributed by atoms with Gasteiger partial charge in [0.15, 0.2) is 0 Å². The van der Waals surface area contributed by atoms with Crippen LogP contribution in [0.25, 0.3) is 0 Å². The summed E-state index contributed by atoms with van der Waals surface area (Å²) in [6.07, 6.45) is 3.84. The fourth-order valence-corrected chi connectivity index (χ4v) is 1.66. The summed E-state index contributed by atoms with van der Waals surface area (Å²) in [6.45, 7) is 4.72. The lowest BCUT2D eigenvalue weighted by atomic mass is 9.95. The molecule has 0 spiro atoms. The van der Waals surface area contributed by atoms with Gasteiger partial charge in [-0.15, -0.1) is 0 Å². The summed E-state index contributed by atoms with van der Waals surface area (Å²) < 4.78 is 10.3. The van der Waals surface area contributed by atoms with Crippen LogP contribution >= 0.6 is 0 Å². The Balaban J connectivity index is 1.86. The number of rotatable bonds is 6. The molecule has 1 saturated heterocycles. The largest absolute Gasteiger partial charge is 0.382 e. The Hall–Kier alpha value is -0.120. The Bertz CT molecular complexity index is 113. The van der Waals surface area contributed by atoms with Crippen molar-refractivity contribution in [2.45, 2.75) is 19.3 Å². The van der Waals surface area contributed by atoms with Gasteiger partial charge in [-0.2, -0.15) is 0 Å². The first-order valence-electron chi connectivity index (χ1n) is 5.21. The van der Waals surface area contributed by atoms with Crippen LogP contribution in [0.1, 0.15) is 19.3 Å². The van der Waals surface area contributed by atoms with E-state index >= 15 is 0 Å². The molecule has 0 unspecified atom stereocenters. The van der Waals surface area contributed by atoms with Gasteiger partial charge in [-0.25, -0.2) is 0 Å². The van der Waals surface area contributed by atoms with E-state index in [1.165, 1.54) is 32.4 Å². The maximum Gasteiger partial charge on any atom is 0.0700 e. The molecule has 0 bridgehead atoms. The fourth-order valence-electron chi connectivity index (χ4n) is 1.66. The van der Waals surface area contributed by atoms with Gasteiger partial charge >= 0.3 is 0 Å². The highest BCUT2D eigenvalue weighted by atomic mass is 16.5. The molecule has 0 aromatic heterocycles. The first-order chi connectivity index (χ1) is 6.43. The van der Waals surface area contributed by atoms with Crippen LogP contribution in [0, 0.1) is 5.92 Å². The average Bonchev–Trinajstić information content (AvgIpc) is 2.19. The van der Waals surface area contributed by atoms with E-state index in [1.54, 1.807) is 7.11 Å². The minimum absolute atomic E-state index is 0.715. The van der Waals surface area contributed by atoms with E-state index in [9.17, 15) is 0 Å². The van der Waals surface area contributed by atoms with Crippen molar-refractivity contribution in [3.8, 4) is 0 Å². The van der Waals surface area contributed by atoms with E-state index in [1.807, 2.05) is 0 Å². The summed E-state index contributed by atoms with van der Waals surface area (Å²) in [7, 11) is 1.70. The maximum atomic E-state index is 5.43. The van der Waals surface area contributed by atoms with Crippen LogP contribution < -0.4 is 5.32 Å². The summed E-state index contributed by atoms with van der Waals surface area (Å²) in [5.74, 6) is 0.879. The normalized spacial score (nSPS) is 19.2. The van der Waals surface area contributed by atoms with Gasteiger partial charge in [-0.3, -0.25) is 0 Å². The molecule has 3 nitrogen and oxygen atoms in total. The number of nitrogens with one attached hydrogen (secondary N) is 1. The summed E-state index contributed by atoms with van der Waals surface area (Å²) in [4.78, 5) is 0. The predicted molar refractivity (Wildman–Crippen MR) is 52.9 cm³/mol. The Morgan fingerprint density at radius 3 is 2.62 bits per heavy atom. The molecule has 13 heavy (non-hydrogen) atoms. The Labute approximate surface area is 80.8 Å². The van der Waals surface area contributed by atoms with Crippen LogP contribution in [-0.4, -0.2) is 40.0 Å². The fraction of sp³-hybridized carbons (Fsp3) is 1.00. The highest BCUT2D eigenvalue weighted by Gasteiger charge is 2.11. The topological polar surface area (TPSA) is 30.5 Å². The molecule has 1 aliphatic heterocycles. The van der Waals surface area contributed by atoms with Crippen molar-refractivity contribution in [1.29, 1.82) is 0 Å². The molecule has 0 atom stereocenters. The molecule has 0 radical (unpaired) electrons. The molecule has 78 valence electrons. The smallest absolute Gasteiger partial charge is 0.0700 e. The summed E-state index contributed by atoms with van der Waals surface area (Å²) >= 11 is 0. The first kappa shape index (κ1) is 11.0. The highest BCUT2D eigenvalue weighted by Crippen LogP contribution is 2.15. The van der Waals surface area contributed by atoms with E-state index in [0.717, 1.165) is 19.1 Å². The second kappa shape index (κ2) is 7.30. The number of methoxy groups -OCH3 is 1. The van der Waals surface area contributed by atoms with Crippen molar-refractivity contribution < 1.29 is 9.47 Å². The summed E-state index contributed by atoms with van der Waals surface area (Å²) in [5.41, 5.74) is 0. The summed E-state index contributed by atoms with van der Waals surface area (Å²) in [5, 5.41) is 3.36. The Morgan fingerprint density at radius 1 is 1.15 bits per heavy atom. The van der Waals surface area contributed by atoms with Gasteiger partial charge < -0.3 is 14.8 Å². The van der Waals surface area contributed by atoms with Crippen LogP contribution in [-0.2, 0) is 9.47 Å². The van der Waals surface area contributed by atoms with Crippen molar-refractivity contribution in [1.82, 2.24) is 5.32 Å². The first-order valence-corrected chi connectivity index (χ1v) is 5.21. The van der Waals surface area contributed by atoms with Gasteiger partial charge in [0.05, 0.1) is 13.2 Å². The van der Waals surface area contributed by atoms with Crippen molar-refractivity contribution in [2.24, 2.45) is 5.92 Å². The number of hydrogen-bond donors (Lipinski definition) is 1. The highest BCUT2D eigenvalue weighted by molar-refractivity contribution is 4.67. The second-order valence-electron chi connectivity index (χ2n) is 3.59. The van der Waals surface area contributed by atoms with Gasteiger partial charge in [-0.1, -0.05) is 0 Å². The lowest BCUT2D eigenvalue weighted by Gasteiger charge is -2.22. The minimum Gasteiger partial charge on any atom is -0.382 e. The van der Waals surface area contributed by atoms with Gasteiger partial charge in [0.2, 0.25) is 0 Å². The van der Waals surface area contributed by atoms with Crippen molar-refractivity contribution in [3.63, 3.8) is 0 Å². The minimum atomic E-state index is 0.715. The molecule has 1 fully saturated rings. The van der Waals surface area contributed by atoms with Crippen LogP contribution in [0.15, 0.2) is 0 Å². The Morgan fingerprint density at radius 2 is 1.92 bits per heavy atom. The van der Waals surface area contributed by atoms with Crippen molar-refractivity contribution >= 4 is 0 Å². The van der Waals surface area contributed by atoms with Crippen molar-refractivity contribution in [3.05, 3.63) is 0 Å². The monoisotopic (exact) mass is 187 g/mol. The molecule has 3 heteroatoms.